The molecule has 42 heavy (non-hydrogen) atoms. The van der Waals surface area contributed by atoms with Crippen molar-refractivity contribution in [3.63, 3.8) is 0 Å². The van der Waals surface area contributed by atoms with E-state index in [9.17, 15) is 33.5 Å². The minimum Gasteiger partial charge on any atom is -0.479 e. The first-order valence-corrected chi connectivity index (χ1v) is 14.9. The van der Waals surface area contributed by atoms with Gasteiger partial charge in [0.1, 0.15) is 17.4 Å². The number of nitrogens with zero attached hydrogens (tertiary/aromatic N) is 1. The van der Waals surface area contributed by atoms with E-state index in [1.807, 2.05) is 12.2 Å². The Labute approximate surface area is 246 Å². The summed E-state index contributed by atoms with van der Waals surface area (Å²) in [5, 5.41) is 17.6. The van der Waals surface area contributed by atoms with Gasteiger partial charge in [0.15, 0.2) is 5.78 Å². The van der Waals surface area contributed by atoms with Crippen LogP contribution in [0.5, 0.6) is 0 Å². The maximum absolute atomic E-state index is 13.2. The molecule has 4 atom stereocenters. The first-order valence-electron chi connectivity index (χ1n) is 14.9. The summed E-state index contributed by atoms with van der Waals surface area (Å²) in [5.74, 6) is -3.55. The smallest absolute Gasteiger partial charge is 0.330 e. The summed E-state index contributed by atoms with van der Waals surface area (Å²) in [7, 11) is 0. The molecule has 4 amide bonds. The number of allylic oxidation sites excluding steroid dienone is 1. The van der Waals surface area contributed by atoms with Crippen molar-refractivity contribution in [3.05, 3.63) is 47.8 Å². The first kappa shape index (κ1) is 32.8. The second-order valence-electron chi connectivity index (χ2n) is 11.5. The lowest BCUT2D eigenvalue weighted by molar-refractivity contribution is -0.145. The van der Waals surface area contributed by atoms with E-state index in [1.54, 1.807) is 13.8 Å². The number of halogens is 1. The number of ketones is 1. The van der Waals surface area contributed by atoms with Gasteiger partial charge >= 0.3 is 12.0 Å². The zero-order chi connectivity index (χ0) is 30.9. The van der Waals surface area contributed by atoms with Crippen LogP contribution >= 0.6 is 0 Å². The zero-order valence-electron chi connectivity index (χ0n) is 24.7. The average Bonchev–Trinajstić information content (AvgIpc) is 3.42. The summed E-state index contributed by atoms with van der Waals surface area (Å²) in [5.41, 5.74) is -1.12. The molecule has 0 radical (unpaired) electrons. The number of carboxylic acids is 1. The fourth-order valence-corrected chi connectivity index (χ4v) is 5.33. The Hall–Kier alpha value is -3.76. The molecule has 1 unspecified atom stereocenters. The van der Waals surface area contributed by atoms with Gasteiger partial charge in [-0.15, -0.1) is 0 Å². The van der Waals surface area contributed by atoms with Crippen LogP contribution in [0.25, 0.3) is 0 Å². The summed E-state index contributed by atoms with van der Waals surface area (Å²) >= 11 is 0. The van der Waals surface area contributed by atoms with Crippen LogP contribution in [0.4, 0.5) is 9.18 Å². The SMILES string of the molecule is CCCCCC/C=C\C1C[C@]1(NC(=O)[C@@H]1CCCN1C(=O)CNC(=O)N[C@H](C(=O)c1ccc(F)cc1)C(C)C)C(=O)O. The van der Waals surface area contributed by atoms with Crippen molar-refractivity contribution in [3.8, 4) is 0 Å². The third kappa shape index (κ3) is 8.39. The van der Waals surface area contributed by atoms with E-state index in [0.29, 0.717) is 25.8 Å². The number of unbranched alkanes of at least 4 members (excludes halogenated alkanes) is 4. The number of carbonyl (C=O) groups excluding carboxylic acids is 4. The Kier molecular flexibility index (Phi) is 11.6. The number of carbonyl (C=O) groups is 5. The molecular formula is C31H43FN4O6. The quantitative estimate of drug-likeness (QED) is 0.140. The molecule has 1 saturated carbocycles. The van der Waals surface area contributed by atoms with Crippen molar-refractivity contribution in [1.82, 2.24) is 20.9 Å². The molecule has 1 heterocycles. The molecule has 1 aromatic rings. The molecule has 11 heteroatoms. The number of amides is 4. The normalized spacial score (nSPS) is 22.2. The summed E-state index contributed by atoms with van der Waals surface area (Å²) in [6.07, 6.45) is 10.4. The van der Waals surface area contributed by atoms with Crippen molar-refractivity contribution in [2.45, 2.75) is 89.8 Å². The van der Waals surface area contributed by atoms with Gasteiger partial charge in [-0.1, -0.05) is 52.2 Å². The fraction of sp³-hybridized carbons (Fsp3) is 0.581. The lowest BCUT2D eigenvalue weighted by atomic mass is 9.95. The second kappa shape index (κ2) is 14.9. The van der Waals surface area contributed by atoms with E-state index < -0.39 is 53.8 Å². The van der Waals surface area contributed by atoms with Crippen molar-refractivity contribution in [1.29, 1.82) is 0 Å². The first-order chi connectivity index (χ1) is 20.0. The largest absolute Gasteiger partial charge is 0.479 e. The van der Waals surface area contributed by atoms with Crippen LogP contribution in [0.1, 0.15) is 82.5 Å². The maximum Gasteiger partial charge on any atom is 0.330 e. The van der Waals surface area contributed by atoms with Crippen LogP contribution in [0, 0.1) is 17.7 Å². The molecular weight excluding hydrogens is 543 g/mol. The molecule has 2 aliphatic rings. The molecule has 0 spiro atoms. The maximum atomic E-state index is 13.2. The third-order valence-electron chi connectivity index (χ3n) is 7.98. The summed E-state index contributed by atoms with van der Waals surface area (Å²) in [6.45, 7) is 5.55. The van der Waals surface area contributed by atoms with Gasteiger partial charge in [-0.05, 0) is 62.3 Å². The molecule has 1 aliphatic heterocycles. The zero-order valence-corrected chi connectivity index (χ0v) is 24.7. The third-order valence-corrected chi connectivity index (χ3v) is 7.98. The second-order valence-corrected chi connectivity index (χ2v) is 11.5. The van der Waals surface area contributed by atoms with Gasteiger partial charge in [0.25, 0.3) is 0 Å². The summed E-state index contributed by atoms with van der Waals surface area (Å²) in [6, 6.07) is 2.56. The van der Waals surface area contributed by atoms with Gasteiger partial charge in [0, 0.05) is 18.0 Å². The fourth-order valence-electron chi connectivity index (χ4n) is 5.33. The molecule has 4 N–H and O–H groups in total. The highest BCUT2D eigenvalue weighted by Gasteiger charge is 2.61. The minimum atomic E-state index is -1.37. The lowest BCUT2D eigenvalue weighted by Crippen LogP contribution is -2.55. The number of likely N-dealkylation sites (tertiary alicyclic amines) is 1. The molecule has 3 rings (SSSR count). The van der Waals surface area contributed by atoms with Crippen molar-refractivity contribution in [2.24, 2.45) is 11.8 Å². The van der Waals surface area contributed by atoms with Crippen LogP contribution in [-0.4, -0.2) is 70.3 Å². The summed E-state index contributed by atoms with van der Waals surface area (Å²) < 4.78 is 13.2. The van der Waals surface area contributed by atoms with Crippen molar-refractivity contribution >= 4 is 29.6 Å². The van der Waals surface area contributed by atoms with E-state index >= 15 is 0 Å². The van der Waals surface area contributed by atoms with Crippen LogP contribution in [-0.2, 0) is 14.4 Å². The molecule has 1 aromatic carbocycles. The van der Waals surface area contributed by atoms with E-state index in [2.05, 4.69) is 22.9 Å². The van der Waals surface area contributed by atoms with Crippen LogP contribution in [0.3, 0.4) is 0 Å². The number of benzene rings is 1. The number of hydrogen-bond acceptors (Lipinski definition) is 5. The standard InChI is InChI=1S/C31H43FN4O6/c1-4-5-6-7-8-9-11-22-18-31(22,29(40)41)35-28(39)24-12-10-17-36(24)25(37)19-33-30(42)34-26(20(2)3)27(38)21-13-15-23(32)16-14-21/h9,11,13-16,20,22,24,26H,4-8,10,12,17-19H2,1-3H3,(H,35,39)(H,40,41)(H2,33,34,42)/b11-9-/t22?,24-,26-,31+/m0/s1. The van der Waals surface area contributed by atoms with E-state index in [4.69, 9.17) is 0 Å². The van der Waals surface area contributed by atoms with Crippen molar-refractivity contribution < 1.29 is 33.5 Å². The van der Waals surface area contributed by atoms with Gasteiger partial charge in [0.05, 0.1) is 12.6 Å². The number of hydrogen-bond donors (Lipinski definition) is 4. The lowest BCUT2D eigenvalue weighted by Gasteiger charge is -2.26. The number of urea groups is 1. The highest BCUT2D eigenvalue weighted by Crippen LogP contribution is 2.45. The van der Waals surface area contributed by atoms with E-state index in [1.165, 1.54) is 35.6 Å². The number of nitrogens with one attached hydrogen (secondary N) is 3. The van der Waals surface area contributed by atoms with Gasteiger partial charge in [-0.25, -0.2) is 14.0 Å². The Bertz CT molecular complexity index is 1170. The molecule has 10 nitrogen and oxygen atoms in total. The van der Waals surface area contributed by atoms with E-state index in [0.717, 1.165) is 25.7 Å². The Morgan fingerprint density at radius 2 is 1.83 bits per heavy atom. The molecule has 1 aliphatic carbocycles. The monoisotopic (exact) mass is 586 g/mol. The Morgan fingerprint density at radius 1 is 1.12 bits per heavy atom. The van der Waals surface area contributed by atoms with E-state index in [-0.39, 0.29) is 23.2 Å². The molecule has 230 valence electrons. The highest BCUT2D eigenvalue weighted by molar-refractivity contribution is 6.02. The number of rotatable bonds is 15. The number of aliphatic carboxylic acids is 1. The minimum absolute atomic E-state index is 0.247. The molecule has 0 bridgehead atoms. The van der Waals surface area contributed by atoms with Crippen LogP contribution in [0.15, 0.2) is 36.4 Å². The topological polar surface area (TPSA) is 145 Å². The Morgan fingerprint density at radius 3 is 2.48 bits per heavy atom. The predicted molar refractivity (Wildman–Crippen MR) is 155 cm³/mol. The highest BCUT2D eigenvalue weighted by atomic mass is 19.1. The van der Waals surface area contributed by atoms with Crippen LogP contribution in [0.2, 0.25) is 0 Å². The van der Waals surface area contributed by atoms with Gasteiger partial charge in [-0.3, -0.25) is 14.4 Å². The number of Topliss-reactive ketones (excluding diaryl/α,β-unsaturated/α-hetero) is 1. The van der Waals surface area contributed by atoms with Gasteiger partial charge in [-0.2, -0.15) is 0 Å². The Balaban J connectivity index is 1.52. The van der Waals surface area contributed by atoms with Crippen LogP contribution < -0.4 is 16.0 Å². The average molecular weight is 587 g/mol. The van der Waals surface area contributed by atoms with Gasteiger partial charge in [0.2, 0.25) is 11.8 Å². The van der Waals surface area contributed by atoms with Gasteiger partial charge < -0.3 is 26.0 Å². The van der Waals surface area contributed by atoms with Crippen molar-refractivity contribution in [2.75, 3.05) is 13.1 Å². The molecule has 0 aromatic heterocycles. The molecule has 1 saturated heterocycles. The molecule has 2 fully saturated rings. The number of carboxylic acid groups (broad SMARTS) is 1. The summed E-state index contributed by atoms with van der Waals surface area (Å²) in [4.78, 5) is 65.0. The predicted octanol–water partition coefficient (Wildman–Crippen LogP) is 3.81.